The predicted octanol–water partition coefficient (Wildman–Crippen LogP) is -0.187. The Morgan fingerprint density at radius 2 is 2.00 bits per heavy atom. The van der Waals surface area contributed by atoms with Crippen molar-refractivity contribution >= 4 is 27.3 Å². The topological polar surface area (TPSA) is 92.1 Å². The third kappa shape index (κ3) is 3.71. The number of ether oxygens (including phenoxy) is 1. The van der Waals surface area contributed by atoms with Crippen molar-refractivity contribution in [1.82, 2.24) is 24.8 Å². The normalized spacial score (nSPS) is 18.5. The van der Waals surface area contributed by atoms with Crippen LogP contribution in [0.1, 0.15) is 23.3 Å². The van der Waals surface area contributed by atoms with Crippen LogP contribution in [0.5, 0.6) is 0 Å². The van der Waals surface area contributed by atoms with Crippen molar-refractivity contribution in [3.8, 4) is 0 Å². The molecule has 2 aliphatic heterocycles. The van der Waals surface area contributed by atoms with E-state index in [1.165, 1.54) is 34.8 Å². The largest absolute Gasteiger partial charge is 0.378 e. The molecule has 1 amide bonds. The second-order valence-electron chi connectivity index (χ2n) is 6.46. The van der Waals surface area contributed by atoms with Gasteiger partial charge in [0.2, 0.25) is 10.1 Å². The first-order valence-electron chi connectivity index (χ1n) is 8.95. The van der Waals surface area contributed by atoms with Crippen LogP contribution in [-0.2, 0) is 4.74 Å². The highest BCUT2D eigenvalue weighted by atomic mass is 32.1. The standard InChI is InChI=1S/C16H22N6O3S/c23-13-11-12(14(24)17-3-6-20-4-1-2-5-20)22-15(18-13)26-16(19-22)21-7-9-25-10-8-21/h11H,1-10H2,(H,17,24). The Morgan fingerprint density at radius 1 is 1.23 bits per heavy atom. The molecule has 0 bridgehead atoms. The van der Waals surface area contributed by atoms with E-state index in [2.05, 4.69) is 25.2 Å². The molecule has 140 valence electrons. The van der Waals surface area contributed by atoms with Gasteiger partial charge in [0.15, 0.2) is 0 Å². The minimum atomic E-state index is -0.424. The van der Waals surface area contributed by atoms with Gasteiger partial charge in [-0.25, -0.2) is 0 Å². The summed E-state index contributed by atoms with van der Waals surface area (Å²) in [6.07, 6.45) is 2.44. The van der Waals surface area contributed by atoms with E-state index < -0.39 is 5.56 Å². The number of carbonyl (C=O) groups is 1. The first kappa shape index (κ1) is 17.4. The second kappa shape index (κ2) is 7.68. The van der Waals surface area contributed by atoms with E-state index in [1.54, 1.807) is 0 Å². The van der Waals surface area contributed by atoms with Crippen molar-refractivity contribution < 1.29 is 9.53 Å². The average Bonchev–Trinajstić information content (AvgIpc) is 3.31. The number of morpholine rings is 1. The fourth-order valence-electron chi connectivity index (χ4n) is 3.27. The van der Waals surface area contributed by atoms with E-state index in [-0.39, 0.29) is 11.6 Å². The molecule has 9 nitrogen and oxygen atoms in total. The van der Waals surface area contributed by atoms with Gasteiger partial charge in [-0.15, -0.1) is 5.10 Å². The van der Waals surface area contributed by atoms with Crippen LogP contribution in [0.4, 0.5) is 5.13 Å². The van der Waals surface area contributed by atoms with Gasteiger partial charge in [-0.2, -0.15) is 9.50 Å². The number of rotatable bonds is 5. The maximum absolute atomic E-state index is 12.6. The molecular formula is C16H22N6O3S. The summed E-state index contributed by atoms with van der Waals surface area (Å²) < 4.78 is 6.83. The van der Waals surface area contributed by atoms with Crippen LogP contribution in [-0.4, -0.2) is 77.9 Å². The zero-order chi connectivity index (χ0) is 17.9. The SMILES string of the molecule is O=C(NCCN1CCCC1)c1cc(=O)nc2sc(N3CCOCC3)nn12. The molecule has 0 aliphatic carbocycles. The molecule has 0 unspecified atom stereocenters. The van der Waals surface area contributed by atoms with Gasteiger partial charge in [-0.3, -0.25) is 9.59 Å². The van der Waals surface area contributed by atoms with E-state index in [0.717, 1.165) is 37.9 Å². The highest BCUT2D eigenvalue weighted by molar-refractivity contribution is 7.20. The Bertz CT molecular complexity index is 838. The highest BCUT2D eigenvalue weighted by Crippen LogP contribution is 2.23. The highest BCUT2D eigenvalue weighted by Gasteiger charge is 2.20. The molecule has 2 aromatic heterocycles. The van der Waals surface area contributed by atoms with E-state index in [0.29, 0.717) is 24.7 Å². The molecule has 2 aliphatic rings. The van der Waals surface area contributed by atoms with E-state index in [4.69, 9.17) is 4.74 Å². The molecule has 2 aromatic rings. The van der Waals surface area contributed by atoms with Gasteiger partial charge in [0.05, 0.1) is 13.2 Å². The Labute approximate surface area is 154 Å². The Morgan fingerprint density at radius 3 is 2.77 bits per heavy atom. The lowest BCUT2D eigenvalue weighted by Crippen LogP contribution is -2.36. The van der Waals surface area contributed by atoms with Crippen LogP contribution in [0.15, 0.2) is 10.9 Å². The maximum atomic E-state index is 12.6. The molecule has 1 N–H and O–H groups in total. The Kier molecular flexibility index (Phi) is 5.14. The summed E-state index contributed by atoms with van der Waals surface area (Å²) in [5, 5.41) is 8.16. The van der Waals surface area contributed by atoms with Crippen molar-refractivity contribution in [2.75, 3.05) is 57.4 Å². The summed E-state index contributed by atoms with van der Waals surface area (Å²) in [4.78, 5) is 33.3. The summed E-state index contributed by atoms with van der Waals surface area (Å²) in [5.74, 6) is -0.294. The minimum absolute atomic E-state index is 0.234. The number of hydrogen-bond acceptors (Lipinski definition) is 8. The Balaban J connectivity index is 1.52. The number of anilines is 1. The molecule has 4 heterocycles. The third-order valence-electron chi connectivity index (χ3n) is 4.67. The molecule has 2 saturated heterocycles. The van der Waals surface area contributed by atoms with Gasteiger partial charge >= 0.3 is 0 Å². The summed E-state index contributed by atoms with van der Waals surface area (Å²) in [7, 11) is 0. The number of nitrogens with one attached hydrogen (secondary N) is 1. The van der Waals surface area contributed by atoms with Crippen molar-refractivity contribution in [1.29, 1.82) is 0 Å². The smallest absolute Gasteiger partial charge is 0.274 e. The molecule has 0 saturated carbocycles. The quantitative estimate of drug-likeness (QED) is 0.771. The second-order valence-corrected chi connectivity index (χ2v) is 7.40. The van der Waals surface area contributed by atoms with Gasteiger partial charge in [-0.05, 0) is 25.9 Å². The van der Waals surface area contributed by atoms with Crippen molar-refractivity contribution in [2.24, 2.45) is 0 Å². The number of hydrogen-bond donors (Lipinski definition) is 1. The van der Waals surface area contributed by atoms with E-state index >= 15 is 0 Å². The fourth-order valence-corrected chi connectivity index (χ4v) is 4.23. The first-order chi connectivity index (χ1) is 12.7. The summed E-state index contributed by atoms with van der Waals surface area (Å²) >= 11 is 1.32. The summed E-state index contributed by atoms with van der Waals surface area (Å²) in [6.45, 7) is 6.32. The van der Waals surface area contributed by atoms with Gasteiger partial charge in [0.1, 0.15) is 5.69 Å². The van der Waals surface area contributed by atoms with Gasteiger partial charge in [0, 0.05) is 32.2 Å². The van der Waals surface area contributed by atoms with Crippen LogP contribution in [0, 0.1) is 0 Å². The monoisotopic (exact) mass is 378 g/mol. The Hall–Kier alpha value is -2.04. The summed E-state index contributed by atoms with van der Waals surface area (Å²) in [6, 6.07) is 1.25. The molecule has 0 aromatic carbocycles. The fraction of sp³-hybridized carbons (Fsp3) is 0.625. The molecular weight excluding hydrogens is 356 g/mol. The first-order valence-corrected chi connectivity index (χ1v) is 9.76. The van der Waals surface area contributed by atoms with Crippen LogP contribution >= 0.6 is 11.3 Å². The minimum Gasteiger partial charge on any atom is -0.378 e. The number of fused-ring (bicyclic) bond motifs is 1. The van der Waals surface area contributed by atoms with Crippen LogP contribution in [0.3, 0.4) is 0 Å². The summed E-state index contributed by atoms with van der Waals surface area (Å²) in [5.41, 5.74) is -0.191. The number of amides is 1. The molecule has 0 spiro atoms. The lowest BCUT2D eigenvalue weighted by atomic mass is 10.3. The van der Waals surface area contributed by atoms with Crippen LogP contribution < -0.4 is 15.8 Å². The lowest BCUT2D eigenvalue weighted by Gasteiger charge is -2.25. The van der Waals surface area contributed by atoms with Gasteiger partial charge in [0.25, 0.3) is 11.5 Å². The molecule has 2 fully saturated rings. The third-order valence-corrected chi connectivity index (χ3v) is 5.64. The molecule has 26 heavy (non-hydrogen) atoms. The zero-order valence-electron chi connectivity index (χ0n) is 14.5. The number of nitrogens with zero attached hydrogens (tertiary/aromatic N) is 5. The number of aromatic nitrogens is 3. The molecule has 4 rings (SSSR count). The number of likely N-dealkylation sites (tertiary alicyclic amines) is 1. The van der Waals surface area contributed by atoms with Crippen LogP contribution in [0.2, 0.25) is 0 Å². The average molecular weight is 378 g/mol. The molecule has 0 radical (unpaired) electrons. The lowest BCUT2D eigenvalue weighted by molar-refractivity contribution is 0.0942. The van der Waals surface area contributed by atoms with Crippen molar-refractivity contribution in [3.05, 3.63) is 22.1 Å². The number of carbonyl (C=O) groups excluding carboxylic acids is 1. The predicted molar refractivity (Wildman–Crippen MR) is 98.2 cm³/mol. The van der Waals surface area contributed by atoms with E-state index in [1.807, 2.05) is 0 Å². The van der Waals surface area contributed by atoms with Gasteiger partial charge < -0.3 is 19.9 Å². The van der Waals surface area contributed by atoms with E-state index in [9.17, 15) is 9.59 Å². The van der Waals surface area contributed by atoms with Crippen LogP contribution in [0.25, 0.3) is 4.96 Å². The van der Waals surface area contributed by atoms with Gasteiger partial charge in [-0.1, -0.05) is 11.3 Å². The molecule has 10 heteroatoms. The van der Waals surface area contributed by atoms with Crippen molar-refractivity contribution in [2.45, 2.75) is 12.8 Å². The van der Waals surface area contributed by atoms with Crippen molar-refractivity contribution in [3.63, 3.8) is 0 Å². The maximum Gasteiger partial charge on any atom is 0.274 e. The zero-order valence-corrected chi connectivity index (χ0v) is 15.3. The molecule has 0 atom stereocenters.